The van der Waals surface area contributed by atoms with Gasteiger partial charge in [-0.2, -0.15) is 0 Å². The standard InChI is InChI=1S/C20H20O4/c1-2-3-4-11-23-16-9-10-17-19(12-16)24-13-18(20(17)22)14-5-7-15(21)8-6-14/h5-10,12-13,21H,2-4,11H2,1H3. The Hall–Kier alpha value is -2.75. The number of ether oxygens (including phenoxy) is 1. The van der Waals surface area contributed by atoms with E-state index in [1.165, 1.54) is 6.26 Å². The van der Waals surface area contributed by atoms with Crippen LogP contribution in [0.1, 0.15) is 26.2 Å². The van der Waals surface area contributed by atoms with Gasteiger partial charge >= 0.3 is 0 Å². The van der Waals surface area contributed by atoms with Crippen molar-refractivity contribution in [1.82, 2.24) is 0 Å². The average molecular weight is 324 g/mol. The first-order valence-electron chi connectivity index (χ1n) is 8.17. The first-order chi connectivity index (χ1) is 11.7. The molecule has 0 amide bonds. The van der Waals surface area contributed by atoms with E-state index in [0.29, 0.717) is 34.5 Å². The highest BCUT2D eigenvalue weighted by Gasteiger charge is 2.10. The number of aromatic hydroxyl groups is 1. The summed E-state index contributed by atoms with van der Waals surface area (Å²) >= 11 is 0. The lowest BCUT2D eigenvalue weighted by Crippen LogP contribution is -2.05. The van der Waals surface area contributed by atoms with Crippen molar-refractivity contribution in [3.63, 3.8) is 0 Å². The molecule has 0 unspecified atom stereocenters. The van der Waals surface area contributed by atoms with E-state index in [-0.39, 0.29) is 11.2 Å². The summed E-state index contributed by atoms with van der Waals surface area (Å²) in [5, 5.41) is 9.88. The Morgan fingerprint density at radius 3 is 2.62 bits per heavy atom. The minimum atomic E-state index is -0.0977. The monoisotopic (exact) mass is 324 g/mol. The van der Waals surface area contributed by atoms with Crippen LogP contribution in [0.15, 0.2) is 57.9 Å². The summed E-state index contributed by atoms with van der Waals surface area (Å²) in [4.78, 5) is 12.7. The van der Waals surface area contributed by atoms with Gasteiger partial charge in [0.15, 0.2) is 5.43 Å². The van der Waals surface area contributed by atoms with Crippen LogP contribution < -0.4 is 10.2 Å². The molecule has 0 aliphatic carbocycles. The topological polar surface area (TPSA) is 59.7 Å². The Morgan fingerprint density at radius 2 is 1.88 bits per heavy atom. The largest absolute Gasteiger partial charge is 0.508 e. The van der Waals surface area contributed by atoms with Crippen molar-refractivity contribution in [3.8, 4) is 22.6 Å². The predicted octanol–water partition coefficient (Wildman–Crippen LogP) is 4.73. The highest BCUT2D eigenvalue weighted by Crippen LogP contribution is 2.24. The van der Waals surface area contributed by atoms with E-state index in [1.807, 2.05) is 0 Å². The van der Waals surface area contributed by atoms with E-state index in [1.54, 1.807) is 42.5 Å². The van der Waals surface area contributed by atoms with Gasteiger partial charge in [0.1, 0.15) is 23.3 Å². The second kappa shape index (κ2) is 7.21. The number of phenols is 1. The molecule has 0 fully saturated rings. The lowest BCUT2D eigenvalue weighted by molar-refractivity contribution is 0.306. The lowest BCUT2D eigenvalue weighted by atomic mass is 10.1. The van der Waals surface area contributed by atoms with Gasteiger partial charge in [0.25, 0.3) is 0 Å². The molecular formula is C20H20O4. The van der Waals surface area contributed by atoms with Crippen LogP contribution in [0.25, 0.3) is 22.1 Å². The summed E-state index contributed by atoms with van der Waals surface area (Å²) in [5.41, 5.74) is 1.59. The molecule has 4 heteroatoms. The lowest BCUT2D eigenvalue weighted by Gasteiger charge is -2.07. The minimum absolute atomic E-state index is 0.0977. The zero-order valence-electron chi connectivity index (χ0n) is 13.6. The molecule has 1 aromatic heterocycles. The van der Waals surface area contributed by atoms with Crippen LogP contribution in [-0.2, 0) is 0 Å². The van der Waals surface area contributed by atoms with E-state index < -0.39 is 0 Å². The molecule has 0 saturated carbocycles. The highest BCUT2D eigenvalue weighted by molar-refractivity contribution is 5.82. The van der Waals surface area contributed by atoms with Crippen molar-refractivity contribution in [2.75, 3.05) is 6.61 Å². The number of phenolic OH excluding ortho intramolecular Hbond substituents is 1. The summed E-state index contributed by atoms with van der Waals surface area (Å²) in [7, 11) is 0. The third kappa shape index (κ3) is 3.43. The van der Waals surface area contributed by atoms with Crippen LogP contribution in [-0.4, -0.2) is 11.7 Å². The molecule has 0 aliphatic rings. The minimum Gasteiger partial charge on any atom is -0.508 e. The van der Waals surface area contributed by atoms with Crippen LogP contribution in [0.3, 0.4) is 0 Å². The molecule has 0 aliphatic heterocycles. The van der Waals surface area contributed by atoms with Gasteiger partial charge in [-0.1, -0.05) is 31.9 Å². The molecule has 0 atom stereocenters. The summed E-state index contributed by atoms with van der Waals surface area (Å²) < 4.78 is 11.3. The van der Waals surface area contributed by atoms with E-state index >= 15 is 0 Å². The molecule has 0 bridgehead atoms. The fraction of sp³-hybridized carbons (Fsp3) is 0.250. The van der Waals surface area contributed by atoms with Gasteiger partial charge in [0.05, 0.1) is 17.6 Å². The maximum Gasteiger partial charge on any atom is 0.200 e. The number of rotatable bonds is 6. The third-order valence-electron chi connectivity index (χ3n) is 3.94. The second-order valence-corrected chi connectivity index (χ2v) is 5.74. The zero-order chi connectivity index (χ0) is 16.9. The quantitative estimate of drug-likeness (QED) is 0.666. The van der Waals surface area contributed by atoms with Crippen molar-refractivity contribution in [2.24, 2.45) is 0 Å². The molecule has 1 N–H and O–H groups in total. The van der Waals surface area contributed by atoms with Gasteiger partial charge in [-0.25, -0.2) is 0 Å². The molecule has 4 nitrogen and oxygen atoms in total. The van der Waals surface area contributed by atoms with Gasteiger partial charge in [-0.15, -0.1) is 0 Å². The molecular weight excluding hydrogens is 304 g/mol. The summed E-state index contributed by atoms with van der Waals surface area (Å²) in [6.45, 7) is 2.81. The molecule has 0 spiro atoms. The van der Waals surface area contributed by atoms with Crippen molar-refractivity contribution in [2.45, 2.75) is 26.2 Å². The van der Waals surface area contributed by atoms with Crippen LogP contribution in [0.2, 0.25) is 0 Å². The molecule has 124 valence electrons. The van der Waals surface area contributed by atoms with E-state index in [9.17, 15) is 9.90 Å². The smallest absolute Gasteiger partial charge is 0.200 e. The van der Waals surface area contributed by atoms with Crippen LogP contribution >= 0.6 is 0 Å². The molecule has 1 heterocycles. The summed E-state index contributed by atoms with van der Waals surface area (Å²) in [5.74, 6) is 0.868. The van der Waals surface area contributed by atoms with Gasteiger partial charge < -0.3 is 14.3 Å². The van der Waals surface area contributed by atoms with Crippen molar-refractivity contribution in [1.29, 1.82) is 0 Å². The number of unbranched alkanes of at least 4 members (excludes halogenated alkanes) is 2. The molecule has 2 aromatic carbocycles. The predicted molar refractivity (Wildman–Crippen MR) is 94.6 cm³/mol. The van der Waals surface area contributed by atoms with E-state index in [0.717, 1.165) is 19.3 Å². The number of hydrogen-bond acceptors (Lipinski definition) is 4. The van der Waals surface area contributed by atoms with Gasteiger partial charge in [0.2, 0.25) is 0 Å². The highest BCUT2D eigenvalue weighted by atomic mass is 16.5. The van der Waals surface area contributed by atoms with E-state index in [2.05, 4.69) is 6.92 Å². The normalized spacial score (nSPS) is 10.9. The molecule has 24 heavy (non-hydrogen) atoms. The number of hydrogen-bond donors (Lipinski definition) is 1. The Bertz CT molecular complexity index is 878. The summed E-state index contributed by atoms with van der Waals surface area (Å²) in [6.07, 6.45) is 4.75. The molecule has 0 saturated heterocycles. The summed E-state index contributed by atoms with van der Waals surface area (Å²) in [6, 6.07) is 11.8. The van der Waals surface area contributed by atoms with Crippen molar-refractivity contribution < 1.29 is 14.3 Å². The Morgan fingerprint density at radius 1 is 1.08 bits per heavy atom. The van der Waals surface area contributed by atoms with Crippen LogP contribution in [0, 0.1) is 0 Å². The zero-order valence-corrected chi connectivity index (χ0v) is 13.6. The van der Waals surface area contributed by atoms with Gasteiger partial charge in [-0.05, 0) is 36.2 Å². The van der Waals surface area contributed by atoms with Crippen molar-refractivity contribution in [3.05, 3.63) is 59.0 Å². The van der Waals surface area contributed by atoms with Gasteiger partial charge in [-0.3, -0.25) is 4.79 Å². The van der Waals surface area contributed by atoms with E-state index in [4.69, 9.17) is 9.15 Å². The Balaban J connectivity index is 1.89. The maximum absolute atomic E-state index is 12.7. The number of fused-ring (bicyclic) bond motifs is 1. The number of benzene rings is 2. The first kappa shape index (κ1) is 16.1. The fourth-order valence-corrected chi connectivity index (χ4v) is 2.58. The average Bonchev–Trinajstić information content (AvgIpc) is 2.60. The maximum atomic E-state index is 12.7. The molecule has 3 aromatic rings. The molecule has 0 radical (unpaired) electrons. The molecule has 3 rings (SSSR count). The Labute approximate surface area is 140 Å². The first-order valence-corrected chi connectivity index (χ1v) is 8.17. The SMILES string of the molecule is CCCCCOc1ccc2c(=O)c(-c3ccc(O)cc3)coc2c1. The van der Waals surface area contributed by atoms with Crippen molar-refractivity contribution >= 4 is 11.0 Å². The second-order valence-electron chi connectivity index (χ2n) is 5.74. The van der Waals surface area contributed by atoms with Crippen LogP contribution in [0.4, 0.5) is 0 Å². The Kier molecular flexibility index (Phi) is 4.85. The van der Waals surface area contributed by atoms with Crippen LogP contribution in [0.5, 0.6) is 11.5 Å². The third-order valence-corrected chi connectivity index (χ3v) is 3.94. The fourth-order valence-electron chi connectivity index (χ4n) is 2.58. The van der Waals surface area contributed by atoms with Gasteiger partial charge in [0, 0.05) is 6.07 Å².